The fourth-order valence-electron chi connectivity index (χ4n) is 1.14. The Morgan fingerprint density at radius 1 is 1.18 bits per heavy atom. The molecule has 0 aliphatic carbocycles. The Hall–Kier alpha value is -1.79. The van der Waals surface area contributed by atoms with E-state index in [9.17, 15) is 14.4 Å². The van der Waals surface area contributed by atoms with Crippen molar-refractivity contribution in [2.75, 3.05) is 19.6 Å². The van der Waals surface area contributed by atoms with E-state index in [2.05, 4.69) is 10.6 Å². The number of hydrogen-bond acceptors (Lipinski definition) is 3. The van der Waals surface area contributed by atoms with E-state index in [-0.39, 0.29) is 25.0 Å². The van der Waals surface area contributed by atoms with Crippen LogP contribution in [-0.4, -0.2) is 53.6 Å². The topological polar surface area (TPSA) is 98.7 Å². The molecule has 0 unspecified atom stereocenters. The molecule has 0 bridgehead atoms. The molecular weight excluding hydrogens is 226 g/mol. The quantitative estimate of drug-likeness (QED) is 0.556. The molecule has 3 N–H and O–H groups in total. The summed E-state index contributed by atoms with van der Waals surface area (Å²) in [5, 5.41) is 13.7. The molecule has 0 saturated heterocycles. The van der Waals surface area contributed by atoms with Gasteiger partial charge in [-0.3, -0.25) is 9.59 Å². The number of urea groups is 1. The first-order chi connectivity index (χ1) is 7.84. The molecule has 0 spiro atoms. The highest BCUT2D eigenvalue weighted by Crippen LogP contribution is 1.97. The van der Waals surface area contributed by atoms with Crippen LogP contribution in [0.25, 0.3) is 0 Å². The summed E-state index contributed by atoms with van der Waals surface area (Å²) in [5.74, 6) is -1.23. The maximum Gasteiger partial charge on any atom is 0.323 e. The third-order valence-electron chi connectivity index (χ3n) is 1.96. The van der Waals surface area contributed by atoms with E-state index in [1.807, 2.05) is 0 Å². The summed E-state index contributed by atoms with van der Waals surface area (Å²) < 4.78 is 0. The average Bonchev–Trinajstić information content (AvgIpc) is 2.19. The molecule has 98 valence electrons. The highest BCUT2D eigenvalue weighted by Gasteiger charge is 2.18. The molecule has 0 aliphatic rings. The van der Waals surface area contributed by atoms with Crippen molar-refractivity contribution in [3.8, 4) is 0 Å². The summed E-state index contributed by atoms with van der Waals surface area (Å²) >= 11 is 0. The Morgan fingerprint density at radius 2 is 1.71 bits per heavy atom. The second-order valence-corrected chi connectivity index (χ2v) is 3.83. The Labute approximate surface area is 100 Å². The van der Waals surface area contributed by atoms with Crippen molar-refractivity contribution in [3.63, 3.8) is 0 Å². The lowest BCUT2D eigenvalue weighted by Crippen LogP contribution is -2.48. The van der Waals surface area contributed by atoms with Crippen LogP contribution < -0.4 is 10.6 Å². The number of amides is 3. The molecule has 7 nitrogen and oxygen atoms in total. The zero-order valence-corrected chi connectivity index (χ0v) is 10.3. The molecule has 0 heterocycles. The molecule has 0 aromatic heterocycles. The van der Waals surface area contributed by atoms with Gasteiger partial charge >= 0.3 is 12.0 Å². The summed E-state index contributed by atoms with van der Waals surface area (Å²) in [6.07, 6.45) is 0. The minimum absolute atomic E-state index is 0.175. The first kappa shape index (κ1) is 15.2. The number of nitrogens with zero attached hydrogens (tertiary/aromatic N) is 1. The van der Waals surface area contributed by atoms with Crippen molar-refractivity contribution in [1.29, 1.82) is 0 Å². The van der Waals surface area contributed by atoms with Gasteiger partial charge in [-0.15, -0.1) is 0 Å². The van der Waals surface area contributed by atoms with Crippen LogP contribution >= 0.6 is 0 Å². The van der Waals surface area contributed by atoms with Crippen molar-refractivity contribution in [1.82, 2.24) is 15.5 Å². The van der Waals surface area contributed by atoms with Crippen molar-refractivity contribution in [3.05, 3.63) is 0 Å². The molecule has 0 saturated carbocycles. The van der Waals surface area contributed by atoms with Crippen molar-refractivity contribution in [2.24, 2.45) is 0 Å². The highest BCUT2D eigenvalue weighted by molar-refractivity contribution is 5.80. The molecular formula is C10H19N3O4. The fraction of sp³-hybridized carbons (Fsp3) is 0.700. The van der Waals surface area contributed by atoms with Crippen LogP contribution in [0.1, 0.15) is 20.8 Å². The third-order valence-corrected chi connectivity index (χ3v) is 1.96. The summed E-state index contributed by atoms with van der Waals surface area (Å²) in [6.45, 7) is 5.09. The minimum Gasteiger partial charge on any atom is -0.480 e. The monoisotopic (exact) mass is 245 g/mol. The van der Waals surface area contributed by atoms with Gasteiger partial charge in [0.1, 0.15) is 6.54 Å². The van der Waals surface area contributed by atoms with Gasteiger partial charge in [-0.2, -0.15) is 0 Å². The predicted molar refractivity (Wildman–Crippen MR) is 61.6 cm³/mol. The number of nitrogens with one attached hydrogen (secondary N) is 2. The molecule has 17 heavy (non-hydrogen) atoms. The van der Waals surface area contributed by atoms with Crippen LogP contribution in [-0.2, 0) is 9.59 Å². The van der Waals surface area contributed by atoms with Gasteiger partial charge < -0.3 is 20.6 Å². The Bertz CT molecular complexity index is 291. The van der Waals surface area contributed by atoms with E-state index in [4.69, 9.17) is 5.11 Å². The standard InChI is InChI=1S/C10H19N3O4/c1-7(2)13(6-9(15)16)10(17)12-5-4-11-8(3)14/h7H,4-6H2,1-3H3,(H,11,14)(H,12,17)(H,15,16). The Morgan fingerprint density at radius 3 is 2.12 bits per heavy atom. The molecule has 0 fully saturated rings. The van der Waals surface area contributed by atoms with Crippen LogP contribution in [0.3, 0.4) is 0 Å². The van der Waals surface area contributed by atoms with Gasteiger partial charge in [0.05, 0.1) is 0 Å². The Balaban J connectivity index is 4.06. The largest absolute Gasteiger partial charge is 0.480 e. The van der Waals surface area contributed by atoms with Gasteiger partial charge in [-0.25, -0.2) is 4.79 Å². The molecule has 0 rings (SSSR count). The number of aliphatic carboxylic acids is 1. The maximum absolute atomic E-state index is 11.6. The predicted octanol–water partition coefficient (Wildman–Crippen LogP) is -0.373. The smallest absolute Gasteiger partial charge is 0.323 e. The number of carboxylic acid groups (broad SMARTS) is 1. The second kappa shape index (κ2) is 7.48. The molecule has 3 amide bonds. The number of carbonyl (C=O) groups is 3. The fourth-order valence-corrected chi connectivity index (χ4v) is 1.14. The first-order valence-corrected chi connectivity index (χ1v) is 5.35. The SMILES string of the molecule is CC(=O)NCCNC(=O)N(CC(=O)O)C(C)C. The number of carboxylic acids is 1. The summed E-state index contributed by atoms with van der Waals surface area (Å²) in [5.41, 5.74) is 0. The van der Waals surface area contributed by atoms with Crippen molar-refractivity contribution in [2.45, 2.75) is 26.8 Å². The van der Waals surface area contributed by atoms with E-state index in [0.29, 0.717) is 6.54 Å². The zero-order chi connectivity index (χ0) is 13.4. The molecule has 0 aromatic rings. The molecule has 7 heteroatoms. The van der Waals surface area contributed by atoms with Crippen LogP contribution in [0.15, 0.2) is 0 Å². The Kier molecular flexibility index (Phi) is 6.69. The van der Waals surface area contributed by atoms with E-state index in [1.54, 1.807) is 13.8 Å². The van der Waals surface area contributed by atoms with Crippen LogP contribution in [0, 0.1) is 0 Å². The molecule has 0 radical (unpaired) electrons. The maximum atomic E-state index is 11.6. The first-order valence-electron chi connectivity index (χ1n) is 5.35. The van der Waals surface area contributed by atoms with Gasteiger partial charge in [-0.05, 0) is 13.8 Å². The lowest BCUT2D eigenvalue weighted by atomic mass is 10.3. The van der Waals surface area contributed by atoms with E-state index in [1.165, 1.54) is 11.8 Å². The van der Waals surface area contributed by atoms with Gasteiger partial charge in [0.2, 0.25) is 5.91 Å². The van der Waals surface area contributed by atoms with Crippen LogP contribution in [0.2, 0.25) is 0 Å². The molecule has 0 aliphatic heterocycles. The lowest BCUT2D eigenvalue weighted by Gasteiger charge is -2.25. The van der Waals surface area contributed by atoms with E-state index < -0.39 is 12.0 Å². The normalized spacial score (nSPS) is 9.88. The highest BCUT2D eigenvalue weighted by atomic mass is 16.4. The van der Waals surface area contributed by atoms with Crippen LogP contribution in [0.5, 0.6) is 0 Å². The minimum atomic E-state index is -1.06. The van der Waals surface area contributed by atoms with Crippen molar-refractivity contribution < 1.29 is 19.5 Å². The summed E-state index contributed by atoms with van der Waals surface area (Å²) in [7, 11) is 0. The van der Waals surface area contributed by atoms with E-state index >= 15 is 0 Å². The van der Waals surface area contributed by atoms with Gasteiger partial charge in [0.15, 0.2) is 0 Å². The van der Waals surface area contributed by atoms with Gasteiger partial charge in [0.25, 0.3) is 0 Å². The summed E-state index contributed by atoms with van der Waals surface area (Å²) in [4.78, 5) is 33.9. The van der Waals surface area contributed by atoms with Gasteiger partial charge in [-0.1, -0.05) is 0 Å². The third kappa shape index (κ3) is 7.15. The molecule has 0 atom stereocenters. The second-order valence-electron chi connectivity index (χ2n) is 3.83. The zero-order valence-electron chi connectivity index (χ0n) is 10.3. The van der Waals surface area contributed by atoms with Crippen molar-refractivity contribution >= 4 is 17.9 Å². The average molecular weight is 245 g/mol. The summed E-state index contributed by atoms with van der Waals surface area (Å²) in [6, 6.07) is -0.653. The number of rotatable bonds is 6. The number of hydrogen-bond donors (Lipinski definition) is 3. The van der Waals surface area contributed by atoms with Crippen LogP contribution in [0.4, 0.5) is 4.79 Å². The lowest BCUT2D eigenvalue weighted by molar-refractivity contribution is -0.138. The molecule has 0 aromatic carbocycles. The van der Waals surface area contributed by atoms with Gasteiger partial charge in [0, 0.05) is 26.1 Å². The number of carbonyl (C=O) groups excluding carboxylic acids is 2. The van der Waals surface area contributed by atoms with E-state index in [0.717, 1.165) is 0 Å².